The van der Waals surface area contributed by atoms with Crippen LogP contribution in [0.5, 0.6) is 0 Å². The van der Waals surface area contributed by atoms with Gasteiger partial charge in [0.1, 0.15) is 6.10 Å². The first-order chi connectivity index (χ1) is 10.6. The fourth-order valence-corrected chi connectivity index (χ4v) is 3.16. The zero-order valence-electron chi connectivity index (χ0n) is 11.9. The van der Waals surface area contributed by atoms with E-state index in [4.69, 9.17) is 14.2 Å². The summed E-state index contributed by atoms with van der Waals surface area (Å²) in [4.78, 5) is 23.3. The highest BCUT2D eigenvalue weighted by atomic mass is 16.7. The normalized spacial score (nSPS) is 30.7. The summed E-state index contributed by atoms with van der Waals surface area (Å²) < 4.78 is 15.9. The van der Waals surface area contributed by atoms with Crippen LogP contribution >= 0.6 is 0 Å². The van der Waals surface area contributed by atoms with Gasteiger partial charge in [0.2, 0.25) is 0 Å². The molecule has 2 heterocycles. The van der Waals surface area contributed by atoms with E-state index in [1.807, 2.05) is 24.3 Å². The van der Waals surface area contributed by atoms with Crippen LogP contribution in [0.2, 0.25) is 0 Å². The second-order valence-electron chi connectivity index (χ2n) is 5.67. The topological polar surface area (TPSA) is 61.8 Å². The summed E-state index contributed by atoms with van der Waals surface area (Å²) in [5, 5.41) is 0. The predicted molar refractivity (Wildman–Crippen MR) is 75.3 cm³/mol. The van der Waals surface area contributed by atoms with E-state index >= 15 is 0 Å². The second-order valence-corrected chi connectivity index (χ2v) is 5.67. The van der Waals surface area contributed by atoms with Gasteiger partial charge in [0, 0.05) is 17.6 Å². The molecule has 5 nitrogen and oxygen atoms in total. The van der Waals surface area contributed by atoms with Gasteiger partial charge in [0.15, 0.2) is 0 Å². The molecule has 0 amide bonds. The van der Waals surface area contributed by atoms with Crippen molar-refractivity contribution in [2.75, 3.05) is 0 Å². The average molecular weight is 298 g/mol. The molecule has 1 fully saturated rings. The minimum Gasteiger partial charge on any atom is -0.458 e. The average Bonchev–Trinajstić information content (AvgIpc) is 3.10. The Hall–Kier alpha value is -2.56. The summed E-state index contributed by atoms with van der Waals surface area (Å²) in [7, 11) is 0. The zero-order valence-corrected chi connectivity index (χ0v) is 11.9. The van der Waals surface area contributed by atoms with Crippen molar-refractivity contribution < 1.29 is 23.8 Å². The van der Waals surface area contributed by atoms with E-state index in [1.165, 1.54) is 11.8 Å². The van der Waals surface area contributed by atoms with Crippen LogP contribution in [0.1, 0.15) is 24.2 Å². The van der Waals surface area contributed by atoms with Crippen LogP contribution < -0.4 is 0 Å². The molecule has 0 bridgehead atoms. The number of esters is 2. The Morgan fingerprint density at radius 2 is 2.00 bits per heavy atom. The van der Waals surface area contributed by atoms with Gasteiger partial charge in [0.05, 0.1) is 11.8 Å². The lowest BCUT2D eigenvalue weighted by Gasteiger charge is -2.09. The number of hydrogen-bond donors (Lipinski definition) is 0. The van der Waals surface area contributed by atoms with E-state index in [-0.39, 0.29) is 18.0 Å². The van der Waals surface area contributed by atoms with Crippen LogP contribution in [0.3, 0.4) is 0 Å². The molecule has 1 aliphatic carbocycles. The molecule has 22 heavy (non-hydrogen) atoms. The molecule has 1 aromatic carbocycles. The van der Waals surface area contributed by atoms with Gasteiger partial charge in [0.25, 0.3) is 6.29 Å². The molecule has 0 saturated carbocycles. The number of ether oxygens (including phenoxy) is 3. The third kappa shape index (κ3) is 1.93. The molecule has 0 spiro atoms. The summed E-state index contributed by atoms with van der Waals surface area (Å²) in [5.74, 6) is -0.801. The van der Waals surface area contributed by atoms with Crippen molar-refractivity contribution in [3.63, 3.8) is 0 Å². The Labute approximate surface area is 127 Å². The molecule has 3 atom stereocenters. The van der Waals surface area contributed by atoms with Gasteiger partial charge in [-0.25, -0.2) is 9.59 Å². The maximum absolute atomic E-state index is 12.0. The summed E-state index contributed by atoms with van der Waals surface area (Å²) in [6, 6.07) is 7.96. The Kier molecular flexibility index (Phi) is 2.82. The van der Waals surface area contributed by atoms with Crippen LogP contribution in [0.4, 0.5) is 0 Å². The highest BCUT2D eigenvalue weighted by Gasteiger charge is 2.46. The molecular formula is C17H14O5. The quantitative estimate of drug-likeness (QED) is 0.476. The molecule has 1 aromatic rings. The highest BCUT2D eigenvalue weighted by Crippen LogP contribution is 2.47. The largest absolute Gasteiger partial charge is 0.458 e. The Balaban J connectivity index is 1.55. The van der Waals surface area contributed by atoms with Crippen LogP contribution in [0.25, 0.3) is 0 Å². The summed E-state index contributed by atoms with van der Waals surface area (Å²) >= 11 is 0. The van der Waals surface area contributed by atoms with Crippen LogP contribution in [-0.2, 0) is 30.2 Å². The lowest BCUT2D eigenvalue weighted by atomic mass is 9.98. The van der Waals surface area contributed by atoms with Crippen molar-refractivity contribution in [1.29, 1.82) is 0 Å². The van der Waals surface area contributed by atoms with Crippen molar-refractivity contribution in [2.24, 2.45) is 5.92 Å². The molecule has 5 heteroatoms. The zero-order chi connectivity index (χ0) is 15.3. The lowest BCUT2D eigenvalue weighted by Crippen LogP contribution is -2.11. The molecule has 0 aromatic heterocycles. The third-order valence-electron chi connectivity index (χ3n) is 4.30. The minimum absolute atomic E-state index is 0.0351. The van der Waals surface area contributed by atoms with Crippen molar-refractivity contribution in [3.8, 4) is 0 Å². The van der Waals surface area contributed by atoms with Crippen LogP contribution in [-0.4, -0.2) is 18.2 Å². The molecule has 112 valence electrons. The number of rotatable bonds is 2. The summed E-state index contributed by atoms with van der Waals surface area (Å²) in [6.45, 7) is 1.66. The van der Waals surface area contributed by atoms with Gasteiger partial charge >= 0.3 is 11.9 Å². The number of cyclic esters (lactones) is 1. The first kappa shape index (κ1) is 13.1. The summed E-state index contributed by atoms with van der Waals surface area (Å²) in [5.41, 5.74) is 3.25. The van der Waals surface area contributed by atoms with Gasteiger partial charge in [-0.05, 0) is 24.5 Å². The maximum atomic E-state index is 12.0. The monoisotopic (exact) mass is 298 g/mol. The minimum atomic E-state index is -0.768. The fourth-order valence-electron chi connectivity index (χ4n) is 3.16. The van der Waals surface area contributed by atoms with E-state index in [2.05, 4.69) is 0 Å². The number of benzene rings is 1. The van der Waals surface area contributed by atoms with Gasteiger partial charge in [-0.2, -0.15) is 0 Å². The van der Waals surface area contributed by atoms with Crippen LogP contribution in [0, 0.1) is 5.92 Å². The SMILES string of the molecule is CC1=CC(OC=C2C(=O)OC3c4ccccc4C[C@H]23)OC1=O. The van der Waals surface area contributed by atoms with E-state index < -0.39 is 12.3 Å². The highest BCUT2D eigenvalue weighted by molar-refractivity contribution is 5.92. The smallest absolute Gasteiger partial charge is 0.338 e. The van der Waals surface area contributed by atoms with Crippen molar-refractivity contribution in [3.05, 3.63) is 58.9 Å². The lowest BCUT2D eigenvalue weighted by molar-refractivity contribution is -0.152. The molecular weight excluding hydrogens is 284 g/mol. The number of hydrogen-bond acceptors (Lipinski definition) is 5. The third-order valence-corrected chi connectivity index (χ3v) is 4.30. The van der Waals surface area contributed by atoms with E-state index in [0.717, 1.165) is 12.0 Å². The van der Waals surface area contributed by atoms with Gasteiger partial charge in [-0.1, -0.05) is 24.3 Å². The molecule has 0 radical (unpaired) electrons. The molecule has 3 aliphatic rings. The second kappa shape index (κ2) is 4.73. The first-order valence-corrected chi connectivity index (χ1v) is 7.17. The number of fused-ring (bicyclic) bond motifs is 3. The first-order valence-electron chi connectivity index (χ1n) is 7.17. The molecule has 4 rings (SSSR count). The Morgan fingerprint density at radius 3 is 2.77 bits per heavy atom. The molecule has 2 unspecified atom stereocenters. The molecule has 2 aliphatic heterocycles. The van der Waals surface area contributed by atoms with Gasteiger partial charge in [-0.15, -0.1) is 0 Å². The number of carbonyl (C=O) groups is 2. The number of carbonyl (C=O) groups excluding carboxylic acids is 2. The standard InChI is InChI=1S/C17H14O5/c1-9-6-14(21-16(9)18)20-8-13-12-7-10-4-2-3-5-11(10)15(12)22-17(13)19/h2-6,8,12,14-15H,7H2,1H3/t12-,14?,15?/m1/s1. The van der Waals surface area contributed by atoms with E-state index in [1.54, 1.807) is 13.0 Å². The van der Waals surface area contributed by atoms with Crippen LogP contribution in [0.15, 0.2) is 47.7 Å². The molecule has 1 saturated heterocycles. The van der Waals surface area contributed by atoms with Crippen molar-refractivity contribution >= 4 is 11.9 Å². The fraction of sp³-hybridized carbons (Fsp3) is 0.294. The molecule has 0 N–H and O–H groups in total. The Morgan fingerprint density at radius 1 is 1.18 bits per heavy atom. The van der Waals surface area contributed by atoms with E-state index in [0.29, 0.717) is 11.1 Å². The Bertz CT molecular complexity index is 730. The summed E-state index contributed by atoms with van der Waals surface area (Å²) in [6.07, 6.45) is 2.71. The van der Waals surface area contributed by atoms with Crippen molar-refractivity contribution in [1.82, 2.24) is 0 Å². The van der Waals surface area contributed by atoms with Crippen molar-refractivity contribution in [2.45, 2.75) is 25.7 Å². The van der Waals surface area contributed by atoms with E-state index in [9.17, 15) is 9.59 Å². The maximum Gasteiger partial charge on any atom is 0.338 e. The van der Waals surface area contributed by atoms with Gasteiger partial charge < -0.3 is 14.2 Å². The predicted octanol–water partition coefficient (Wildman–Crippen LogP) is 2.19. The van der Waals surface area contributed by atoms with Gasteiger partial charge in [-0.3, -0.25) is 0 Å².